The number of nitrogen functional groups attached to an aromatic ring is 1. The van der Waals surface area contributed by atoms with Crippen molar-refractivity contribution in [2.75, 3.05) is 26.0 Å². The van der Waals surface area contributed by atoms with Crippen molar-refractivity contribution in [1.82, 2.24) is 4.90 Å². The first-order valence-electron chi connectivity index (χ1n) is 6.47. The van der Waals surface area contributed by atoms with E-state index in [9.17, 15) is 4.79 Å². The Hall–Kier alpha value is -1.56. The molecule has 0 bridgehead atoms. The van der Waals surface area contributed by atoms with E-state index in [4.69, 9.17) is 22.1 Å². The lowest BCUT2D eigenvalue weighted by molar-refractivity contribution is 0.0682. The van der Waals surface area contributed by atoms with Crippen LogP contribution in [0.4, 0.5) is 5.69 Å². The summed E-state index contributed by atoms with van der Waals surface area (Å²) in [5.74, 6) is -0.0798. The van der Waals surface area contributed by atoms with Crippen LogP contribution in [0.3, 0.4) is 0 Å². The standard InChI is InChI=1S/C15H17ClN2O2S/c1-20-7-6-18(10-12-3-2-8-21-12)15(19)11-4-5-13(16)14(17)9-11/h2-5,8-9H,6-7,10,17H2,1H3. The van der Waals surface area contributed by atoms with Gasteiger partial charge in [0.25, 0.3) is 5.91 Å². The van der Waals surface area contributed by atoms with Crippen LogP contribution in [-0.4, -0.2) is 31.1 Å². The van der Waals surface area contributed by atoms with Crippen molar-refractivity contribution in [1.29, 1.82) is 0 Å². The van der Waals surface area contributed by atoms with Gasteiger partial charge in [0.2, 0.25) is 0 Å². The highest BCUT2D eigenvalue weighted by atomic mass is 35.5. The van der Waals surface area contributed by atoms with Gasteiger partial charge in [-0.25, -0.2) is 0 Å². The number of carbonyl (C=O) groups is 1. The van der Waals surface area contributed by atoms with Gasteiger partial charge in [0, 0.05) is 24.1 Å². The normalized spacial score (nSPS) is 10.6. The third-order valence-electron chi connectivity index (χ3n) is 3.02. The number of methoxy groups -OCH3 is 1. The number of hydrogen-bond donors (Lipinski definition) is 1. The van der Waals surface area contributed by atoms with E-state index < -0.39 is 0 Å². The lowest BCUT2D eigenvalue weighted by Gasteiger charge is -2.22. The Morgan fingerprint density at radius 3 is 2.86 bits per heavy atom. The van der Waals surface area contributed by atoms with Gasteiger partial charge in [0.05, 0.1) is 23.9 Å². The van der Waals surface area contributed by atoms with Gasteiger partial charge in [-0.15, -0.1) is 11.3 Å². The zero-order valence-corrected chi connectivity index (χ0v) is 13.3. The molecule has 6 heteroatoms. The Bertz CT molecular complexity index is 602. The molecule has 0 aliphatic carbocycles. The van der Waals surface area contributed by atoms with Crippen molar-refractivity contribution in [2.24, 2.45) is 0 Å². The van der Waals surface area contributed by atoms with Crippen LogP contribution in [0.5, 0.6) is 0 Å². The SMILES string of the molecule is COCCN(Cc1cccs1)C(=O)c1ccc(Cl)c(N)c1. The van der Waals surface area contributed by atoms with Crippen LogP contribution < -0.4 is 5.73 Å². The second kappa shape index (κ2) is 7.45. The lowest BCUT2D eigenvalue weighted by atomic mass is 10.1. The molecule has 21 heavy (non-hydrogen) atoms. The van der Waals surface area contributed by atoms with Gasteiger partial charge in [-0.1, -0.05) is 17.7 Å². The molecule has 2 rings (SSSR count). The van der Waals surface area contributed by atoms with Gasteiger partial charge in [-0.2, -0.15) is 0 Å². The zero-order chi connectivity index (χ0) is 15.2. The monoisotopic (exact) mass is 324 g/mol. The Labute approximate surface area is 133 Å². The largest absolute Gasteiger partial charge is 0.398 e. The van der Waals surface area contributed by atoms with E-state index >= 15 is 0 Å². The minimum absolute atomic E-state index is 0.0798. The van der Waals surface area contributed by atoms with E-state index in [0.29, 0.717) is 36.0 Å². The first-order valence-corrected chi connectivity index (χ1v) is 7.73. The van der Waals surface area contributed by atoms with Crippen molar-refractivity contribution >= 4 is 34.5 Å². The smallest absolute Gasteiger partial charge is 0.254 e. The molecule has 1 amide bonds. The topological polar surface area (TPSA) is 55.6 Å². The second-order valence-corrected chi connectivity index (χ2v) is 5.97. The predicted molar refractivity (Wildman–Crippen MR) is 86.8 cm³/mol. The first kappa shape index (κ1) is 15.8. The highest BCUT2D eigenvalue weighted by Gasteiger charge is 2.17. The molecule has 2 N–H and O–H groups in total. The van der Waals surface area contributed by atoms with Crippen LogP contribution in [0.2, 0.25) is 5.02 Å². The number of thiophene rings is 1. The van der Waals surface area contributed by atoms with Crippen LogP contribution in [0, 0.1) is 0 Å². The van der Waals surface area contributed by atoms with Crippen molar-refractivity contribution in [3.8, 4) is 0 Å². The molecule has 0 saturated heterocycles. The van der Waals surface area contributed by atoms with E-state index in [0.717, 1.165) is 4.88 Å². The molecule has 112 valence electrons. The van der Waals surface area contributed by atoms with Crippen molar-refractivity contribution in [2.45, 2.75) is 6.54 Å². The molecule has 0 unspecified atom stereocenters. The van der Waals surface area contributed by atoms with Crippen LogP contribution in [0.15, 0.2) is 35.7 Å². The number of anilines is 1. The fourth-order valence-electron chi connectivity index (χ4n) is 1.90. The summed E-state index contributed by atoms with van der Waals surface area (Å²) >= 11 is 7.52. The predicted octanol–water partition coefficient (Wildman–Crippen LogP) is 3.27. The summed E-state index contributed by atoms with van der Waals surface area (Å²) in [5.41, 5.74) is 6.71. The maximum Gasteiger partial charge on any atom is 0.254 e. The fraction of sp³-hybridized carbons (Fsp3) is 0.267. The van der Waals surface area contributed by atoms with Crippen LogP contribution in [0.25, 0.3) is 0 Å². The van der Waals surface area contributed by atoms with E-state index in [-0.39, 0.29) is 5.91 Å². The molecule has 2 aromatic rings. The van der Waals surface area contributed by atoms with Crippen LogP contribution >= 0.6 is 22.9 Å². The minimum Gasteiger partial charge on any atom is -0.398 e. The van der Waals surface area contributed by atoms with E-state index in [1.54, 1.807) is 41.5 Å². The minimum atomic E-state index is -0.0798. The zero-order valence-electron chi connectivity index (χ0n) is 11.7. The molecule has 0 atom stereocenters. The third-order valence-corrected chi connectivity index (χ3v) is 4.23. The van der Waals surface area contributed by atoms with Gasteiger partial charge >= 0.3 is 0 Å². The number of hydrogen-bond acceptors (Lipinski definition) is 4. The fourth-order valence-corrected chi connectivity index (χ4v) is 2.74. The number of rotatable bonds is 6. The maximum atomic E-state index is 12.6. The Balaban J connectivity index is 2.18. The highest BCUT2D eigenvalue weighted by Crippen LogP contribution is 2.21. The number of carbonyl (C=O) groups excluding carboxylic acids is 1. The third kappa shape index (κ3) is 4.20. The highest BCUT2D eigenvalue weighted by molar-refractivity contribution is 7.09. The quantitative estimate of drug-likeness (QED) is 0.830. The Morgan fingerprint density at radius 1 is 1.43 bits per heavy atom. The molecule has 0 aliphatic heterocycles. The molecular weight excluding hydrogens is 308 g/mol. The molecule has 0 aliphatic rings. The summed E-state index contributed by atoms with van der Waals surface area (Å²) in [4.78, 5) is 15.5. The number of ether oxygens (including phenoxy) is 1. The van der Waals surface area contributed by atoms with Gasteiger partial charge in [0.15, 0.2) is 0 Å². The van der Waals surface area contributed by atoms with Crippen molar-refractivity contribution in [3.63, 3.8) is 0 Å². The van der Waals surface area contributed by atoms with Gasteiger partial charge < -0.3 is 15.4 Å². The van der Waals surface area contributed by atoms with Gasteiger partial charge in [-0.05, 0) is 29.6 Å². The number of benzene rings is 1. The van der Waals surface area contributed by atoms with Crippen LogP contribution in [0.1, 0.15) is 15.2 Å². The number of halogens is 1. The summed E-state index contributed by atoms with van der Waals surface area (Å²) in [6, 6.07) is 8.92. The maximum absolute atomic E-state index is 12.6. The summed E-state index contributed by atoms with van der Waals surface area (Å²) in [6.07, 6.45) is 0. The number of nitrogens with two attached hydrogens (primary N) is 1. The molecule has 0 spiro atoms. The Morgan fingerprint density at radius 2 is 2.24 bits per heavy atom. The van der Waals surface area contributed by atoms with Crippen molar-refractivity contribution in [3.05, 3.63) is 51.2 Å². The molecular formula is C15H17ClN2O2S. The summed E-state index contributed by atoms with van der Waals surface area (Å²) < 4.78 is 5.08. The molecule has 0 radical (unpaired) electrons. The molecule has 4 nitrogen and oxygen atoms in total. The molecule has 0 saturated carbocycles. The molecule has 1 aromatic heterocycles. The van der Waals surface area contributed by atoms with E-state index in [1.165, 1.54) is 0 Å². The summed E-state index contributed by atoms with van der Waals surface area (Å²) in [6.45, 7) is 1.57. The average molecular weight is 325 g/mol. The van der Waals surface area contributed by atoms with Gasteiger partial charge in [-0.3, -0.25) is 4.79 Å². The van der Waals surface area contributed by atoms with E-state index in [2.05, 4.69) is 0 Å². The molecule has 0 fully saturated rings. The molecule has 1 heterocycles. The van der Waals surface area contributed by atoms with Crippen molar-refractivity contribution < 1.29 is 9.53 Å². The van der Waals surface area contributed by atoms with Crippen LogP contribution in [-0.2, 0) is 11.3 Å². The summed E-state index contributed by atoms with van der Waals surface area (Å²) in [7, 11) is 1.62. The lowest BCUT2D eigenvalue weighted by Crippen LogP contribution is -2.33. The molecule has 1 aromatic carbocycles. The average Bonchev–Trinajstić information content (AvgIpc) is 2.98. The first-order chi connectivity index (χ1) is 10.1. The number of nitrogens with zero attached hydrogens (tertiary/aromatic N) is 1. The second-order valence-electron chi connectivity index (χ2n) is 4.54. The summed E-state index contributed by atoms with van der Waals surface area (Å²) in [5, 5.41) is 2.45. The number of amides is 1. The van der Waals surface area contributed by atoms with Gasteiger partial charge in [0.1, 0.15) is 0 Å². The van der Waals surface area contributed by atoms with E-state index in [1.807, 2.05) is 17.5 Å². The Kier molecular flexibility index (Phi) is 5.61.